The summed E-state index contributed by atoms with van der Waals surface area (Å²) in [5.74, 6) is 0.255. The van der Waals surface area contributed by atoms with Gasteiger partial charge in [0, 0.05) is 45.0 Å². The number of piperidine rings is 1. The normalized spacial score (nSPS) is 16.9. The molecule has 0 unspecified atom stereocenters. The highest BCUT2D eigenvalue weighted by Gasteiger charge is 2.43. The van der Waals surface area contributed by atoms with E-state index < -0.39 is 17.5 Å². The number of anilines is 1. The Bertz CT molecular complexity index is 1410. The number of alkyl halides is 3. The van der Waals surface area contributed by atoms with Crippen molar-refractivity contribution in [1.29, 1.82) is 5.26 Å². The Balaban J connectivity index is 1.43. The molecule has 11 heteroatoms. The number of nitrogens with zero attached hydrogens (tertiary/aromatic N) is 4. The average Bonchev–Trinajstić information content (AvgIpc) is 3.12. The smallest absolute Gasteiger partial charge is 0.487 e. The van der Waals surface area contributed by atoms with Crippen molar-refractivity contribution in [2.75, 3.05) is 18.0 Å². The lowest BCUT2D eigenvalue weighted by Crippen LogP contribution is -2.48. The quantitative estimate of drug-likeness (QED) is 0.497. The number of hydrogen-bond donors (Lipinski definition) is 0. The van der Waals surface area contributed by atoms with Crippen molar-refractivity contribution in [3.8, 4) is 17.6 Å². The van der Waals surface area contributed by atoms with E-state index in [2.05, 4.69) is 9.72 Å². The van der Waals surface area contributed by atoms with Gasteiger partial charge in [0.05, 0.1) is 11.2 Å². The van der Waals surface area contributed by atoms with Crippen molar-refractivity contribution in [3.63, 3.8) is 0 Å². The number of aryl methyl sites for hydroxylation is 1. The fourth-order valence-corrected chi connectivity index (χ4v) is 4.95. The zero-order valence-electron chi connectivity index (χ0n) is 17.9. The maximum atomic E-state index is 12.8. The lowest BCUT2D eigenvalue weighted by atomic mass is 9.86. The maximum absolute atomic E-state index is 12.8. The fourth-order valence-electron chi connectivity index (χ4n) is 4.80. The Morgan fingerprint density at radius 2 is 1.97 bits per heavy atom. The van der Waals surface area contributed by atoms with Crippen LogP contribution in [-0.4, -0.2) is 34.6 Å². The minimum absolute atomic E-state index is 0.00900. The molecule has 176 valence electrons. The van der Waals surface area contributed by atoms with Gasteiger partial charge in [0.2, 0.25) is 0 Å². The van der Waals surface area contributed by atoms with E-state index in [0.29, 0.717) is 60.4 Å². The summed E-state index contributed by atoms with van der Waals surface area (Å²) >= 11 is 6.12. The third-order valence-corrected chi connectivity index (χ3v) is 6.60. The average molecular weight is 491 g/mol. The van der Waals surface area contributed by atoms with Gasteiger partial charge in [-0.25, -0.2) is 4.98 Å². The number of benzene rings is 1. The van der Waals surface area contributed by atoms with Crippen LogP contribution >= 0.6 is 11.6 Å². The molecule has 2 aliphatic rings. The largest absolute Gasteiger partial charge is 0.573 e. The van der Waals surface area contributed by atoms with Crippen LogP contribution in [0.15, 0.2) is 35.1 Å². The summed E-state index contributed by atoms with van der Waals surface area (Å²) < 4.78 is 49.3. The third-order valence-electron chi connectivity index (χ3n) is 6.39. The second-order valence-corrected chi connectivity index (χ2v) is 8.85. The van der Waals surface area contributed by atoms with Gasteiger partial charge < -0.3 is 18.9 Å². The molecule has 0 aliphatic carbocycles. The molecule has 7 nitrogen and oxygen atoms in total. The van der Waals surface area contributed by atoms with Crippen molar-refractivity contribution >= 4 is 28.3 Å². The minimum atomic E-state index is -4.76. The fraction of sp³-hybridized carbons (Fsp3) is 0.348. The summed E-state index contributed by atoms with van der Waals surface area (Å²) in [4.78, 5) is 19.2. The number of fused-ring (bicyclic) bond motifs is 2. The number of nitriles is 1. The summed E-state index contributed by atoms with van der Waals surface area (Å²) in [5, 5.41) is 9.99. The highest BCUT2D eigenvalue weighted by molar-refractivity contribution is 6.29. The van der Waals surface area contributed by atoms with Crippen molar-refractivity contribution in [3.05, 3.63) is 57.0 Å². The molecular weight excluding hydrogens is 473 g/mol. The lowest BCUT2D eigenvalue weighted by molar-refractivity contribution is -0.274. The first-order chi connectivity index (χ1) is 16.1. The summed E-state index contributed by atoms with van der Waals surface area (Å²) in [6.07, 6.45) is -3.24. The molecule has 3 aromatic rings. The molecular formula is C23H18ClF3N4O3. The molecule has 0 bridgehead atoms. The molecule has 34 heavy (non-hydrogen) atoms. The highest BCUT2D eigenvalue weighted by atomic mass is 35.5. The molecule has 0 atom stereocenters. The van der Waals surface area contributed by atoms with Crippen molar-refractivity contribution in [2.45, 2.75) is 31.2 Å². The molecule has 1 spiro atoms. The molecule has 0 saturated carbocycles. The van der Waals surface area contributed by atoms with Gasteiger partial charge >= 0.3 is 6.36 Å². The number of halogens is 4. The van der Waals surface area contributed by atoms with Crippen LogP contribution in [0, 0.1) is 11.3 Å². The van der Waals surface area contributed by atoms with Gasteiger partial charge in [-0.2, -0.15) is 5.26 Å². The molecule has 1 fully saturated rings. The third kappa shape index (κ3) is 3.80. The topological polar surface area (TPSA) is 80.4 Å². The molecule has 4 heterocycles. The molecule has 5 rings (SSSR count). The molecule has 0 N–H and O–H groups in total. The molecule has 2 aliphatic heterocycles. The number of hydrogen-bond acceptors (Lipinski definition) is 6. The van der Waals surface area contributed by atoms with E-state index in [0.717, 1.165) is 0 Å². The Morgan fingerprint density at radius 1 is 1.24 bits per heavy atom. The monoisotopic (exact) mass is 490 g/mol. The van der Waals surface area contributed by atoms with Crippen LogP contribution in [0.2, 0.25) is 5.15 Å². The van der Waals surface area contributed by atoms with Gasteiger partial charge in [-0.1, -0.05) is 11.6 Å². The lowest BCUT2D eigenvalue weighted by Gasteiger charge is -2.40. The van der Waals surface area contributed by atoms with Gasteiger partial charge in [0.25, 0.3) is 5.56 Å². The Morgan fingerprint density at radius 3 is 2.65 bits per heavy atom. The van der Waals surface area contributed by atoms with Crippen LogP contribution in [0.3, 0.4) is 0 Å². The Labute approximate surface area is 196 Å². The second kappa shape index (κ2) is 7.81. The van der Waals surface area contributed by atoms with E-state index in [1.54, 1.807) is 19.2 Å². The van der Waals surface area contributed by atoms with Crippen molar-refractivity contribution in [1.82, 2.24) is 9.55 Å². The SMILES string of the molecule is Cn1c(=O)c(C#N)c(N2CCC3(CC2)Cc2cc(OC(F)(F)F)ccc2O3)c2nc(Cl)ccc21. The van der Waals surface area contributed by atoms with Crippen LogP contribution < -0.4 is 19.9 Å². The van der Waals surface area contributed by atoms with Crippen LogP contribution in [-0.2, 0) is 13.5 Å². The zero-order valence-corrected chi connectivity index (χ0v) is 18.7. The van der Waals surface area contributed by atoms with Crippen molar-refractivity contribution in [2.24, 2.45) is 7.05 Å². The Hall–Kier alpha value is -3.45. The van der Waals surface area contributed by atoms with Crippen LogP contribution in [0.5, 0.6) is 11.5 Å². The van der Waals surface area contributed by atoms with E-state index in [4.69, 9.17) is 16.3 Å². The predicted molar refractivity (Wildman–Crippen MR) is 118 cm³/mol. The van der Waals surface area contributed by atoms with Gasteiger partial charge in [0.1, 0.15) is 39.4 Å². The summed E-state index contributed by atoms with van der Waals surface area (Å²) in [5.41, 5.74) is 1.11. The summed E-state index contributed by atoms with van der Waals surface area (Å²) in [7, 11) is 1.58. The van der Waals surface area contributed by atoms with Crippen LogP contribution in [0.25, 0.3) is 11.0 Å². The highest BCUT2D eigenvalue weighted by Crippen LogP contribution is 2.44. The van der Waals surface area contributed by atoms with Gasteiger partial charge in [-0.05, 0) is 30.3 Å². The van der Waals surface area contributed by atoms with Gasteiger partial charge in [-0.15, -0.1) is 13.2 Å². The van der Waals surface area contributed by atoms with Gasteiger partial charge in [-0.3, -0.25) is 4.79 Å². The molecule has 1 saturated heterocycles. The number of rotatable bonds is 2. The zero-order chi connectivity index (χ0) is 24.3. The van der Waals surface area contributed by atoms with Crippen LogP contribution in [0.4, 0.5) is 18.9 Å². The maximum Gasteiger partial charge on any atom is 0.573 e. The van der Waals surface area contributed by atoms with E-state index in [1.165, 1.54) is 22.8 Å². The van der Waals surface area contributed by atoms with Crippen molar-refractivity contribution < 1.29 is 22.6 Å². The predicted octanol–water partition coefficient (Wildman–Crippen LogP) is 4.33. The minimum Gasteiger partial charge on any atom is -0.487 e. The van der Waals surface area contributed by atoms with E-state index >= 15 is 0 Å². The number of ether oxygens (including phenoxy) is 2. The molecule has 2 aromatic heterocycles. The van der Waals surface area contributed by atoms with E-state index in [1.807, 2.05) is 11.0 Å². The number of aromatic nitrogens is 2. The summed E-state index contributed by atoms with van der Waals surface area (Å²) in [6.45, 7) is 0.927. The molecule has 0 radical (unpaired) electrons. The van der Waals surface area contributed by atoms with Gasteiger partial charge in [0.15, 0.2) is 0 Å². The first-order valence-corrected chi connectivity index (χ1v) is 10.9. The second-order valence-electron chi connectivity index (χ2n) is 8.47. The van der Waals surface area contributed by atoms with E-state index in [9.17, 15) is 23.2 Å². The molecule has 0 amide bonds. The van der Waals surface area contributed by atoms with Crippen LogP contribution in [0.1, 0.15) is 24.0 Å². The number of pyridine rings is 2. The first-order valence-electron chi connectivity index (χ1n) is 10.5. The Kier molecular flexibility index (Phi) is 5.13. The standard InChI is InChI=1S/C23H18ClF3N4O3/c1-30-16-3-5-18(24)29-19(16)20(15(12-28)21(30)32)31-8-6-22(7-9-31)11-13-10-14(33-23(25,26)27)2-4-17(13)34-22/h2-5,10H,6-9,11H2,1H3. The summed E-state index contributed by atoms with van der Waals surface area (Å²) in [6, 6.07) is 9.39. The molecule has 1 aromatic carbocycles. The first kappa shape index (κ1) is 22.3. The van der Waals surface area contributed by atoms with E-state index in [-0.39, 0.29) is 16.5 Å².